The van der Waals surface area contributed by atoms with Gasteiger partial charge in [0.15, 0.2) is 5.17 Å². The summed E-state index contributed by atoms with van der Waals surface area (Å²) in [4.78, 5) is 36.1. The van der Waals surface area contributed by atoms with Crippen molar-refractivity contribution >= 4 is 34.4 Å². The Hall–Kier alpha value is -2.28. The number of amidine groups is 1. The Labute approximate surface area is 151 Å². The third kappa shape index (κ3) is 2.82. The van der Waals surface area contributed by atoms with Crippen molar-refractivity contribution in [2.45, 2.75) is 13.8 Å². The van der Waals surface area contributed by atoms with Crippen LogP contribution < -0.4 is 4.90 Å². The number of benzene rings is 1. The highest BCUT2D eigenvalue weighted by Crippen LogP contribution is 2.37. The Morgan fingerprint density at radius 2 is 1.84 bits per heavy atom. The number of fused-ring (bicyclic) bond motifs is 1. The first-order valence-corrected chi connectivity index (χ1v) is 9.23. The first-order valence-electron chi connectivity index (χ1n) is 8.41. The Morgan fingerprint density at radius 1 is 1.08 bits per heavy atom. The van der Waals surface area contributed by atoms with E-state index in [1.54, 1.807) is 9.80 Å². The number of carbonyl (C=O) groups excluding carboxylic acids is 2. The number of allylic oxidation sites excluding steroid dienone is 1. The van der Waals surface area contributed by atoms with Crippen molar-refractivity contribution < 1.29 is 9.59 Å². The number of aryl methyl sites for hydroxylation is 1. The Balaban J connectivity index is 1.47. The lowest BCUT2D eigenvalue weighted by molar-refractivity contribution is -0.133. The van der Waals surface area contributed by atoms with Crippen molar-refractivity contribution in [1.29, 1.82) is 0 Å². The van der Waals surface area contributed by atoms with Gasteiger partial charge in [-0.1, -0.05) is 17.7 Å². The van der Waals surface area contributed by atoms with Gasteiger partial charge in [-0.25, -0.2) is 0 Å². The normalized spacial score (nSPS) is 20.3. The van der Waals surface area contributed by atoms with E-state index in [-0.39, 0.29) is 18.4 Å². The summed E-state index contributed by atoms with van der Waals surface area (Å²) in [6.45, 7) is 6.79. The second-order valence-corrected chi connectivity index (χ2v) is 7.42. The van der Waals surface area contributed by atoms with Gasteiger partial charge in [-0.05, 0) is 37.7 Å². The molecule has 4 rings (SSSR count). The van der Waals surface area contributed by atoms with Gasteiger partial charge in [0.1, 0.15) is 6.54 Å². The van der Waals surface area contributed by atoms with E-state index in [9.17, 15) is 9.59 Å². The number of aliphatic imine (C=N–C) groups is 1. The third-order valence-corrected chi connectivity index (χ3v) is 5.98. The van der Waals surface area contributed by atoms with E-state index < -0.39 is 0 Å². The summed E-state index contributed by atoms with van der Waals surface area (Å²) < 4.78 is 0. The van der Waals surface area contributed by atoms with Crippen molar-refractivity contribution in [3.05, 3.63) is 40.4 Å². The molecular weight excluding hydrogens is 336 g/mol. The van der Waals surface area contributed by atoms with Gasteiger partial charge in [0.25, 0.3) is 5.91 Å². The molecule has 2 amide bonds. The zero-order valence-corrected chi connectivity index (χ0v) is 15.2. The number of hydrogen-bond acceptors (Lipinski definition) is 5. The molecule has 3 heterocycles. The van der Waals surface area contributed by atoms with Gasteiger partial charge >= 0.3 is 0 Å². The van der Waals surface area contributed by atoms with Crippen molar-refractivity contribution in [2.24, 2.45) is 4.99 Å². The summed E-state index contributed by atoms with van der Waals surface area (Å²) >= 11 is 1.43. The van der Waals surface area contributed by atoms with E-state index in [0.717, 1.165) is 35.2 Å². The van der Waals surface area contributed by atoms with Gasteiger partial charge in [-0.2, -0.15) is 0 Å². The summed E-state index contributed by atoms with van der Waals surface area (Å²) in [6, 6.07) is 7.91. The molecule has 6 nitrogen and oxygen atoms in total. The van der Waals surface area contributed by atoms with Crippen LogP contribution in [0, 0.1) is 6.92 Å². The minimum Gasteiger partial charge on any atom is -0.327 e. The summed E-state index contributed by atoms with van der Waals surface area (Å²) in [5.41, 5.74) is 3.01. The van der Waals surface area contributed by atoms with Crippen molar-refractivity contribution in [2.75, 3.05) is 37.6 Å². The highest BCUT2D eigenvalue weighted by molar-refractivity contribution is 8.18. The molecule has 0 aromatic heterocycles. The van der Waals surface area contributed by atoms with Crippen LogP contribution in [0.2, 0.25) is 0 Å². The van der Waals surface area contributed by atoms with Crippen LogP contribution in [-0.2, 0) is 9.59 Å². The van der Waals surface area contributed by atoms with Gasteiger partial charge in [-0.15, -0.1) is 0 Å². The lowest BCUT2D eigenvalue weighted by atomic mass is 10.2. The maximum absolute atomic E-state index is 12.9. The van der Waals surface area contributed by atoms with E-state index in [4.69, 9.17) is 0 Å². The molecule has 1 aromatic carbocycles. The standard InChI is InChI=1S/C18H20N4O2S/c1-12-3-5-14(6-4-12)22-10-9-20(11-15(22)23)17(24)16-13(2)21-8-7-19-18(21)25-16/h3-6H,7-11H2,1-2H3. The monoisotopic (exact) mass is 356 g/mol. The highest BCUT2D eigenvalue weighted by Gasteiger charge is 2.37. The first-order chi connectivity index (χ1) is 12.0. The summed E-state index contributed by atoms with van der Waals surface area (Å²) in [7, 11) is 0. The van der Waals surface area contributed by atoms with Crippen molar-refractivity contribution in [3.8, 4) is 0 Å². The average Bonchev–Trinajstić information content (AvgIpc) is 3.18. The van der Waals surface area contributed by atoms with Crippen molar-refractivity contribution in [1.82, 2.24) is 9.80 Å². The minimum atomic E-state index is -0.0588. The van der Waals surface area contributed by atoms with Crippen LogP contribution in [0.3, 0.4) is 0 Å². The zero-order valence-electron chi connectivity index (χ0n) is 14.4. The molecule has 3 aliphatic heterocycles. The lowest BCUT2D eigenvalue weighted by Crippen LogP contribution is -2.52. The average molecular weight is 356 g/mol. The number of carbonyl (C=O) groups is 2. The van der Waals surface area contributed by atoms with Crippen LogP contribution in [0.5, 0.6) is 0 Å². The predicted octanol–water partition coefficient (Wildman–Crippen LogP) is 1.82. The topological polar surface area (TPSA) is 56.2 Å². The second kappa shape index (κ2) is 6.22. The second-order valence-electron chi connectivity index (χ2n) is 6.44. The van der Waals surface area contributed by atoms with E-state index in [1.165, 1.54) is 11.8 Å². The number of thioether (sulfide) groups is 1. The van der Waals surface area contributed by atoms with E-state index in [1.807, 2.05) is 38.1 Å². The summed E-state index contributed by atoms with van der Waals surface area (Å²) in [5, 5.41) is 0.908. The molecule has 0 unspecified atom stereocenters. The van der Waals surface area contributed by atoms with E-state index >= 15 is 0 Å². The molecule has 7 heteroatoms. The number of nitrogens with zero attached hydrogens (tertiary/aromatic N) is 4. The zero-order chi connectivity index (χ0) is 17.6. The predicted molar refractivity (Wildman–Crippen MR) is 99.4 cm³/mol. The molecule has 3 aliphatic rings. The molecule has 0 radical (unpaired) electrons. The summed E-state index contributed by atoms with van der Waals surface area (Å²) in [6.07, 6.45) is 0. The van der Waals surface area contributed by atoms with Gasteiger partial charge < -0.3 is 14.7 Å². The first kappa shape index (κ1) is 16.2. The third-order valence-electron chi connectivity index (χ3n) is 4.78. The SMILES string of the molecule is CC1=C(C(=O)N2CCN(c3ccc(C)cc3)C(=O)C2)SC2=NCCN21. The quantitative estimate of drug-likeness (QED) is 0.811. The van der Waals surface area contributed by atoms with Gasteiger partial charge in [0.05, 0.1) is 11.4 Å². The molecule has 130 valence electrons. The van der Waals surface area contributed by atoms with Crippen LogP contribution in [0.1, 0.15) is 12.5 Å². The Bertz CT molecular complexity index is 800. The molecule has 0 atom stereocenters. The fourth-order valence-electron chi connectivity index (χ4n) is 3.30. The maximum atomic E-state index is 12.9. The largest absolute Gasteiger partial charge is 0.327 e. The molecule has 25 heavy (non-hydrogen) atoms. The molecule has 1 fully saturated rings. The van der Waals surface area contributed by atoms with E-state index in [0.29, 0.717) is 18.0 Å². The van der Waals surface area contributed by atoms with Crippen molar-refractivity contribution in [3.63, 3.8) is 0 Å². The molecule has 0 aliphatic carbocycles. The van der Waals surface area contributed by atoms with Crippen LogP contribution >= 0.6 is 11.8 Å². The molecule has 0 spiro atoms. The molecule has 0 N–H and O–H groups in total. The van der Waals surface area contributed by atoms with Crippen LogP contribution in [0.4, 0.5) is 5.69 Å². The van der Waals surface area contributed by atoms with Crippen LogP contribution in [0.25, 0.3) is 0 Å². The maximum Gasteiger partial charge on any atom is 0.263 e. The van der Waals surface area contributed by atoms with Crippen LogP contribution in [-0.4, -0.2) is 59.5 Å². The smallest absolute Gasteiger partial charge is 0.263 e. The molecular formula is C18H20N4O2S. The van der Waals surface area contributed by atoms with Gasteiger partial charge in [-0.3, -0.25) is 14.6 Å². The number of amides is 2. The van der Waals surface area contributed by atoms with E-state index in [2.05, 4.69) is 9.89 Å². The Kier molecular flexibility index (Phi) is 4.03. The lowest BCUT2D eigenvalue weighted by Gasteiger charge is -2.34. The molecule has 1 saturated heterocycles. The highest BCUT2D eigenvalue weighted by atomic mass is 32.2. The molecule has 0 bridgehead atoms. The number of hydrogen-bond donors (Lipinski definition) is 0. The molecule has 1 aromatic rings. The van der Waals surface area contributed by atoms with Gasteiger partial charge in [0.2, 0.25) is 5.91 Å². The fraction of sp³-hybridized carbons (Fsp3) is 0.389. The number of piperazine rings is 1. The fourth-order valence-corrected chi connectivity index (χ4v) is 4.45. The van der Waals surface area contributed by atoms with Crippen LogP contribution in [0.15, 0.2) is 39.9 Å². The Morgan fingerprint density at radius 3 is 2.52 bits per heavy atom. The molecule has 0 saturated carbocycles. The number of rotatable bonds is 2. The summed E-state index contributed by atoms with van der Waals surface area (Å²) in [5.74, 6) is -0.0981. The van der Waals surface area contributed by atoms with Gasteiger partial charge in [0, 0.05) is 31.0 Å². The number of anilines is 1. The minimum absolute atomic E-state index is 0.0393.